The lowest BCUT2D eigenvalue weighted by molar-refractivity contribution is -0.127. The number of nitrogens with two attached hydrogens (primary N) is 1. The number of pyridine rings is 1. The molecule has 0 spiro atoms. The molecule has 216 valence electrons. The molecule has 4 aromatic rings. The fourth-order valence-electron chi connectivity index (χ4n) is 4.71. The lowest BCUT2D eigenvalue weighted by Gasteiger charge is -2.32. The highest BCUT2D eigenvalue weighted by atomic mass is 16.5. The van der Waals surface area contributed by atoms with Gasteiger partial charge in [0.2, 0.25) is 11.9 Å². The van der Waals surface area contributed by atoms with E-state index < -0.39 is 5.91 Å². The van der Waals surface area contributed by atoms with Crippen molar-refractivity contribution in [2.45, 2.75) is 25.8 Å². The molecule has 1 aliphatic rings. The molecule has 1 aromatic carbocycles. The summed E-state index contributed by atoms with van der Waals surface area (Å²) in [5.41, 5.74) is 7.73. The molecular formula is C29H31N9O4. The third kappa shape index (κ3) is 6.30. The third-order valence-corrected chi connectivity index (χ3v) is 6.78. The van der Waals surface area contributed by atoms with E-state index >= 15 is 0 Å². The van der Waals surface area contributed by atoms with Gasteiger partial charge in [-0.1, -0.05) is 6.58 Å². The number of hydrogen-bond donors (Lipinski definition) is 3. The van der Waals surface area contributed by atoms with Gasteiger partial charge in [-0.05, 0) is 49.6 Å². The number of methoxy groups -OCH3 is 1. The lowest BCUT2D eigenvalue weighted by Crippen LogP contribution is -2.39. The number of hydrogen-bond acceptors (Lipinski definition) is 10. The van der Waals surface area contributed by atoms with E-state index in [1.165, 1.54) is 19.4 Å². The Morgan fingerprint density at radius 3 is 2.79 bits per heavy atom. The average Bonchev–Trinajstić information content (AvgIpc) is 3.47. The predicted molar refractivity (Wildman–Crippen MR) is 156 cm³/mol. The molecule has 3 aromatic heterocycles. The van der Waals surface area contributed by atoms with Crippen molar-refractivity contribution >= 4 is 35.0 Å². The summed E-state index contributed by atoms with van der Waals surface area (Å²) in [7, 11) is 1.53. The van der Waals surface area contributed by atoms with Crippen molar-refractivity contribution in [1.29, 1.82) is 0 Å². The first-order valence-electron chi connectivity index (χ1n) is 13.3. The van der Waals surface area contributed by atoms with E-state index in [4.69, 9.17) is 15.2 Å². The van der Waals surface area contributed by atoms with Crippen molar-refractivity contribution in [3.8, 4) is 17.2 Å². The van der Waals surface area contributed by atoms with E-state index in [0.29, 0.717) is 41.7 Å². The van der Waals surface area contributed by atoms with E-state index in [2.05, 4.69) is 37.3 Å². The Labute approximate surface area is 242 Å². The zero-order valence-corrected chi connectivity index (χ0v) is 23.3. The van der Waals surface area contributed by atoms with Crippen molar-refractivity contribution in [3.05, 3.63) is 79.0 Å². The fraction of sp³-hybridized carbons (Fsp3) is 0.241. The first-order chi connectivity index (χ1) is 20.3. The number of ether oxygens (including phenoxy) is 2. The van der Waals surface area contributed by atoms with Gasteiger partial charge in [-0.3, -0.25) is 19.3 Å². The number of nitrogens with zero attached hydrogens (tertiary/aromatic N) is 6. The minimum Gasteiger partial charge on any atom is -0.494 e. The van der Waals surface area contributed by atoms with Crippen LogP contribution in [0.1, 0.15) is 34.8 Å². The van der Waals surface area contributed by atoms with E-state index in [9.17, 15) is 9.59 Å². The molecule has 42 heavy (non-hydrogen) atoms. The summed E-state index contributed by atoms with van der Waals surface area (Å²) in [6.45, 7) is 6.71. The van der Waals surface area contributed by atoms with Crippen molar-refractivity contribution in [2.24, 2.45) is 5.73 Å². The number of carbonyl (C=O) groups excluding carboxylic acids is 2. The highest BCUT2D eigenvalue weighted by Gasteiger charge is 2.24. The Morgan fingerprint density at radius 2 is 2.05 bits per heavy atom. The van der Waals surface area contributed by atoms with Crippen molar-refractivity contribution < 1.29 is 19.1 Å². The second-order valence-electron chi connectivity index (χ2n) is 9.67. The van der Waals surface area contributed by atoms with Gasteiger partial charge in [-0.15, -0.1) is 0 Å². The van der Waals surface area contributed by atoms with Crippen molar-refractivity contribution in [1.82, 2.24) is 29.6 Å². The number of primary amides is 1. The zero-order chi connectivity index (χ0) is 29.6. The van der Waals surface area contributed by atoms with Crippen LogP contribution in [-0.4, -0.2) is 61.6 Å². The molecule has 1 saturated heterocycles. The third-order valence-electron chi connectivity index (χ3n) is 6.78. The van der Waals surface area contributed by atoms with Gasteiger partial charge in [0.05, 0.1) is 36.9 Å². The quantitative estimate of drug-likeness (QED) is 0.237. The fourth-order valence-corrected chi connectivity index (χ4v) is 4.71. The monoisotopic (exact) mass is 569 g/mol. The highest BCUT2D eigenvalue weighted by molar-refractivity contribution is 5.98. The number of likely N-dealkylation sites (tertiary alicyclic amines) is 1. The molecule has 13 heteroatoms. The van der Waals surface area contributed by atoms with E-state index in [-0.39, 0.29) is 29.3 Å². The molecule has 1 fully saturated rings. The number of carbonyl (C=O) groups is 2. The van der Waals surface area contributed by atoms with E-state index in [1.54, 1.807) is 41.7 Å². The van der Waals surface area contributed by atoms with Crippen LogP contribution in [0.4, 0.5) is 23.1 Å². The Bertz CT molecular complexity index is 1610. The second-order valence-corrected chi connectivity index (χ2v) is 9.67. The lowest BCUT2D eigenvalue weighted by atomic mass is 10.1. The van der Waals surface area contributed by atoms with Crippen molar-refractivity contribution in [3.63, 3.8) is 0 Å². The molecule has 5 rings (SSSR count). The minimum absolute atomic E-state index is 0.0362. The number of rotatable bonds is 10. The molecule has 0 saturated carbocycles. The number of aryl methyl sites for hydroxylation is 1. The highest BCUT2D eigenvalue weighted by Crippen LogP contribution is 2.37. The van der Waals surface area contributed by atoms with Crippen LogP contribution in [0.25, 0.3) is 0 Å². The van der Waals surface area contributed by atoms with Gasteiger partial charge in [0.25, 0.3) is 5.91 Å². The average molecular weight is 570 g/mol. The summed E-state index contributed by atoms with van der Waals surface area (Å²) >= 11 is 0. The number of benzene rings is 1. The van der Waals surface area contributed by atoms with Gasteiger partial charge in [0.1, 0.15) is 28.6 Å². The predicted octanol–water partition coefficient (Wildman–Crippen LogP) is 4.11. The van der Waals surface area contributed by atoms with Crippen LogP contribution in [0.2, 0.25) is 0 Å². The molecule has 1 atom stereocenters. The maximum atomic E-state index is 12.2. The molecule has 0 radical (unpaired) electrons. The molecule has 13 nitrogen and oxygen atoms in total. The van der Waals surface area contributed by atoms with Crippen LogP contribution in [0, 0.1) is 6.92 Å². The minimum atomic E-state index is -0.694. The standard InChI is InChI=1S/C29H31N9O4/c1-4-25(39)37-10-6-7-20(17-37)38-16-19(13-33-38)34-29-32-15-23(27(30)40)28(36-29)35-26-18(2)11-22(12-24(26)41-3)42-21-8-5-9-31-14-21/h4-5,8-9,11-16,20H,1,6-7,10,17H2,2-3H3,(H2,30,40)(H2,32,34,35,36). The Kier molecular flexibility index (Phi) is 8.27. The summed E-state index contributed by atoms with van der Waals surface area (Å²) in [5, 5.41) is 10.8. The van der Waals surface area contributed by atoms with Gasteiger partial charge in [-0.2, -0.15) is 10.1 Å². The molecule has 2 amide bonds. The molecule has 4 heterocycles. The summed E-state index contributed by atoms with van der Waals surface area (Å²) in [5.74, 6) is 1.24. The topological polar surface area (TPSA) is 162 Å². The van der Waals surface area contributed by atoms with Crippen LogP contribution >= 0.6 is 0 Å². The van der Waals surface area contributed by atoms with E-state index in [0.717, 1.165) is 18.4 Å². The Morgan fingerprint density at radius 1 is 1.19 bits per heavy atom. The largest absolute Gasteiger partial charge is 0.494 e. The molecule has 4 N–H and O–H groups in total. The summed E-state index contributed by atoms with van der Waals surface area (Å²) in [6, 6.07) is 7.16. The van der Waals surface area contributed by atoms with Crippen LogP contribution < -0.4 is 25.8 Å². The molecule has 1 aliphatic heterocycles. The molecule has 1 unspecified atom stereocenters. The second kappa shape index (κ2) is 12.4. The van der Waals surface area contributed by atoms with Crippen LogP contribution in [0.15, 0.2) is 67.9 Å². The van der Waals surface area contributed by atoms with Crippen LogP contribution in [0.5, 0.6) is 17.2 Å². The van der Waals surface area contributed by atoms with Gasteiger partial charge in [0, 0.05) is 37.7 Å². The number of amides is 2. The Hall–Kier alpha value is -5.46. The first-order valence-corrected chi connectivity index (χ1v) is 13.3. The zero-order valence-electron chi connectivity index (χ0n) is 23.3. The maximum absolute atomic E-state index is 12.2. The van der Waals surface area contributed by atoms with E-state index in [1.807, 2.05) is 23.9 Å². The smallest absolute Gasteiger partial charge is 0.254 e. The number of nitrogens with one attached hydrogen (secondary N) is 2. The van der Waals surface area contributed by atoms with Crippen molar-refractivity contribution in [2.75, 3.05) is 30.8 Å². The molecule has 0 aliphatic carbocycles. The summed E-state index contributed by atoms with van der Waals surface area (Å²) in [6.07, 6.45) is 11.2. The van der Waals surface area contributed by atoms with Crippen LogP contribution in [-0.2, 0) is 4.79 Å². The normalized spacial score (nSPS) is 14.6. The Balaban J connectivity index is 1.36. The molecule has 0 bridgehead atoms. The maximum Gasteiger partial charge on any atom is 0.254 e. The van der Waals surface area contributed by atoms with Crippen LogP contribution in [0.3, 0.4) is 0 Å². The first kappa shape index (κ1) is 28.1. The van der Waals surface area contributed by atoms with Gasteiger partial charge in [0.15, 0.2) is 0 Å². The van der Waals surface area contributed by atoms with Gasteiger partial charge >= 0.3 is 0 Å². The number of anilines is 4. The van der Waals surface area contributed by atoms with Gasteiger partial charge < -0.3 is 30.7 Å². The summed E-state index contributed by atoms with van der Waals surface area (Å²) in [4.78, 5) is 38.9. The van der Waals surface area contributed by atoms with Gasteiger partial charge in [-0.25, -0.2) is 4.98 Å². The SMILES string of the molecule is C=CC(=O)N1CCCC(n2cc(Nc3ncc(C(N)=O)c(Nc4c(C)cc(Oc5cccnc5)cc4OC)n3)cn2)C1. The molecular weight excluding hydrogens is 538 g/mol. The number of piperidine rings is 1. The summed E-state index contributed by atoms with van der Waals surface area (Å²) < 4.78 is 13.4. The number of aromatic nitrogens is 5.